The lowest BCUT2D eigenvalue weighted by molar-refractivity contribution is -0.150. The van der Waals surface area contributed by atoms with E-state index >= 15 is 0 Å². The molecule has 1 heterocycles. The molecule has 0 spiro atoms. The van der Waals surface area contributed by atoms with E-state index in [2.05, 4.69) is 11.9 Å². The Labute approximate surface area is 148 Å². The van der Waals surface area contributed by atoms with E-state index in [1.807, 2.05) is 38.1 Å². The maximum Gasteiger partial charge on any atom is 0.315 e. The van der Waals surface area contributed by atoms with Crippen LogP contribution in [0.5, 0.6) is 5.75 Å². The van der Waals surface area contributed by atoms with Crippen LogP contribution in [0.25, 0.3) is 0 Å². The number of hydrogen-bond donors (Lipinski definition) is 1. The van der Waals surface area contributed by atoms with Crippen molar-refractivity contribution < 1.29 is 23.8 Å². The van der Waals surface area contributed by atoms with Gasteiger partial charge in [-0.05, 0) is 25.5 Å². The Morgan fingerprint density at radius 3 is 2.72 bits per heavy atom. The summed E-state index contributed by atoms with van der Waals surface area (Å²) in [5, 5.41) is 2.65. The first-order valence-corrected chi connectivity index (χ1v) is 8.33. The molecule has 2 rings (SSSR count). The van der Waals surface area contributed by atoms with Gasteiger partial charge in [-0.1, -0.05) is 24.8 Å². The number of nitrogens with one attached hydrogen (secondary N) is 1. The molecule has 1 aliphatic heterocycles. The molecule has 1 N–H and O–H groups in total. The summed E-state index contributed by atoms with van der Waals surface area (Å²) in [5.74, 6) is -0.973. The molecule has 6 heteroatoms. The van der Waals surface area contributed by atoms with E-state index in [1.165, 1.54) is 7.11 Å². The van der Waals surface area contributed by atoms with E-state index in [9.17, 15) is 9.59 Å². The van der Waals surface area contributed by atoms with Crippen LogP contribution in [0.3, 0.4) is 0 Å². The summed E-state index contributed by atoms with van der Waals surface area (Å²) in [6.45, 7) is 8.19. The predicted molar refractivity (Wildman–Crippen MR) is 93.2 cm³/mol. The number of amides is 1. The number of rotatable bonds is 7. The zero-order valence-corrected chi connectivity index (χ0v) is 14.9. The van der Waals surface area contributed by atoms with Crippen molar-refractivity contribution in [1.29, 1.82) is 0 Å². The summed E-state index contributed by atoms with van der Waals surface area (Å²) in [6.07, 6.45) is 0.149. The van der Waals surface area contributed by atoms with E-state index in [4.69, 9.17) is 14.2 Å². The molecule has 1 aliphatic rings. The first-order chi connectivity index (χ1) is 11.9. The Hall–Kier alpha value is -2.34. The molecule has 1 aromatic rings. The van der Waals surface area contributed by atoms with Crippen molar-refractivity contribution in [2.75, 3.05) is 20.3 Å². The van der Waals surface area contributed by atoms with Gasteiger partial charge in [-0.15, -0.1) is 0 Å². The minimum atomic E-state index is -0.661. The van der Waals surface area contributed by atoms with Gasteiger partial charge in [0.1, 0.15) is 18.3 Å². The van der Waals surface area contributed by atoms with E-state index in [0.29, 0.717) is 18.1 Å². The van der Waals surface area contributed by atoms with Gasteiger partial charge in [-0.2, -0.15) is 0 Å². The van der Waals surface area contributed by atoms with Gasteiger partial charge in [0.25, 0.3) is 0 Å². The van der Waals surface area contributed by atoms with Crippen LogP contribution in [-0.4, -0.2) is 38.3 Å². The summed E-state index contributed by atoms with van der Waals surface area (Å²) >= 11 is 0. The van der Waals surface area contributed by atoms with Gasteiger partial charge in [0.15, 0.2) is 0 Å². The van der Waals surface area contributed by atoms with E-state index in [0.717, 1.165) is 5.56 Å². The fourth-order valence-electron chi connectivity index (χ4n) is 2.93. The molecule has 1 amide bonds. The van der Waals surface area contributed by atoms with Crippen LogP contribution in [-0.2, 0) is 19.1 Å². The van der Waals surface area contributed by atoms with Crippen molar-refractivity contribution in [3.63, 3.8) is 0 Å². The second-order valence-corrected chi connectivity index (χ2v) is 6.23. The SMILES string of the molecule is C=C1NC(=O)C[C@@H](c2ccccc2OC(C)C)[C@H]1C(=O)OCCOC. The lowest BCUT2D eigenvalue weighted by Gasteiger charge is -2.33. The molecule has 0 radical (unpaired) electrons. The zero-order valence-electron chi connectivity index (χ0n) is 14.9. The molecule has 0 aliphatic carbocycles. The number of ether oxygens (including phenoxy) is 3. The number of esters is 1. The third kappa shape index (κ3) is 4.82. The minimum Gasteiger partial charge on any atom is -0.491 e. The highest BCUT2D eigenvalue weighted by molar-refractivity contribution is 5.87. The Kier molecular flexibility index (Phi) is 6.58. The molecule has 0 saturated carbocycles. The molecule has 0 aromatic heterocycles. The highest BCUT2D eigenvalue weighted by atomic mass is 16.6. The number of para-hydroxylation sites is 1. The lowest BCUT2D eigenvalue weighted by atomic mass is 9.78. The summed E-state index contributed by atoms with van der Waals surface area (Å²) < 4.78 is 16.1. The summed E-state index contributed by atoms with van der Waals surface area (Å²) in [7, 11) is 1.54. The van der Waals surface area contributed by atoms with Gasteiger partial charge in [-0.3, -0.25) is 9.59 Å². The van der Waals surface area contributed by atoms with Gasteiger partial charge < -0.3 is 19.5 Å². The molecule has 25 heavy (non-hydrogen) atoms. The van der Waals surface area contributed by atoms with Crippen LogP contribution in [0.4, 0.5) is 0 Å². The second kappa shape index (κ2) is 8.67. The smallest absolute Gasteiger partial charge is 0.315 e. The van der Waals surface area contributed by atoms with Crippen molar-refractivity contribution in [3.8, 4) is 5.75 Å². The van der Waals surface area contributed by atoms with Gasteiger partial charge in [0.05, 0.1) is 12.7 Å². The topological polar surface area (TPSA) is 73.9 Å². The quantitative estimate of drug-likeness (QED) is 0.606. The number of benzene rings is 1. The molecule has 0 unspecified atom stereocenters. The minimum absolute atomic E-state index is 0.0196. The second-order valence-electron chi connectivity index (χ2n) is 6.23. The average Bonchev–Trinajstić information content (AvgIpc) is 2.54. The molecule has 2 atom stereocenters. The van der Waals surface area contributed by atoms with Crippen molar-refractivity contribution in [3.05, 3.63) is 42.1 Å². The van der Waals surface area contributed by atoms with Gasteiger partial charge >= 0.3 is 5.97 Å². The van der Waals surface area contributed by atoms with Crippen LogP contribution >= 0.6 is 0 Å². The van der Waals surface area contributed by atoms with Crippen LogP contribution in [0, 0.1) is 5.92 Å². The predicted octanol–water partition coefficient (Wildman–Crippen LogP) is 2.40. The number of carbonyl (C=O) groups is 2. The fraction of sp³-hybridized carbons (Fsp3) is 0.474. The average molecular weight is 347 g/mol. The Bertz CT molecular complexity index is 640. The normalized spacial score (nSPS) is 20.3. The highest BCUT2D eigenvalue weighted by Crippen LogP contribution is 2.40. The summed E-state index contributed by atoms with van der Waals surface area (Å²) in [6, 6.07) is 7.46. The lowest BCUT2D eigenvalue weighted by Crippen LogP contribution is -2.41. The Balaban J connectivity index is 2.32. The van der Waals surface area contributed by atoms with Gasteiger partial charge in [0, 0.05) is 25.1 Å². The molecular weight excluding hydrogens is 322 g/mol. The Morgan fingerprint density at radius 1 is 1.32 bits per heavy atom. The van der Waals surface area contributed by atoms with Gasteiger partial charge in [-0.25, -0.2) is 0 Å². The molecule has 1 saturated heterocycles. The van der Waals surface area contributed by atoms with Crippen molar-refractivity contribution >= 4 is 11.9 Å². The van der Waals surface area contributed by atoms with E-state index in [1.54, 1.807) is 0 Å². The number of hydrogen-bond acceptors (Lipinski definition) is 5. The van der Waals surface area contributed by atoms with E-state index in [-0.39, 0.29) is 31.0 Å². The van der Waals surface area contributed by atoms with Crippen LogP contribution < -0.4 is 10.1 Å². The number of piperidine rings is 1. The molecule has 6 nitrogen and oxygen atoms in total. The first kappa shape index (κ1) is 19.0. The molecular formula is C19H25NO5. The number of methoxy groups -OCH3 is 1. The van der Waals surface area contributed by atoms with Crippen molar-refractivity contribution in [1.82, 2.24) is 5.32 Å². The number of carbonyl (C=O) groups excluding carboxylic acids is 2. The largest absolute Gasteiger partial charge is 0.491 e. The van der Waals surface area contributed by atoms with Crippen LogP contribution in [0.1, 0.15) is 31.7 Å². The first-order valence-electron chi connectivity index (χ1n) is 8.33. The summed E-state index contributed by atoms with van der Waals surface area (Å²) in [4.78, 5) is 24.6. The molecule has 1 fully saturated rings. The Morgan fingerprint density at radius 2 is 2.04 bits per heavy atom. The van der Waals surface area contributed by atoms with Crippen molar-refractivity contribution in [2.24, 2.45) is 5.92 Å². The third-order valence-corrected chi connectivity index (χ3v) is 3.95. The standard InChI is InChI=1S/C19H25NO5/c1-12(2)25-16-8-6-5-7-14(16)15-11-17(21)20-13(3)18(15)19(22)24-10-9-23-4/h5-8,12,15,18H,3,9-11H2,1-2,4H3,(H,20,21)/t15-,18-/m0/s1. The monoisotopic (exact) mass is 347 g/mol. The van der Waals surface area contributed by atoms with Gasteiger partial charge in [0.2, 0.25) is 5.91 Å². The zero-order chi connectivity index (χ0) is 18.4. The van der Waals surface area contributed by atoms with Crippen LogP contribution in [0.2, 0.25) is 0 Å². The maximum atomic E-state index is 12.6. The fourth-order valence-corrected chi connectivity index (χ4v) is 2.93. The molecule has 0 bridgehead atoms. The summed E-state index contributed by atoms with van der Waals surface area (Å²) in [5.41, 5.74) is 1.16. The highest BCUT2D eigenvalue weighted by Gasteiger charge is 2.40. The van der Waals surface area contributed by atoms with Crippen LogP contribution in [0.15, 0.2) is 36.5 Å². The van der Waals surface area contributed by atoms with E-state index < -0.39 is 11.9 Å². The third-order valence-electron chi connectivity index (χ3n) is 3.95. The molecule has 136 valence electrons. The maximum absolute atomic E-state index is 12.6. The van der Waals surface area contributed by atoms with Crippen molar-refractivity contribution in [2.45, 2.75) is 32.3 Å². The molecule has 1 aromatic carbocycles.